The van der Waals surface area contributed by atoms with Crippen LogP contribution in [0.2, 0.25) is 0 Å². The number of aliphatic hydroxyl groups is 3. The number of phosphoric acid groups is 3. The standard InChI is InChI=1S/C31H54N7O18P3S/c1-4-5-8-19(39)9-6-7-10-22(41)60-14-13-33-21(40)11-12-34-29(44)26(43)31(2,3)16-53-59(50,51)56-58(48,49)52-15-20-25(55-57(45,46)47)24(42)30(54-20)38-18-37-23-27(32)35-17-36-28(23)38/h17-20,24-26,30,39,42-43H,4-16H2,1-3H3,(H,33,40)(H,34,44)(H,48,49)(H,50,51)(H2,32,35,36)(H2,45,46,47). The molecule has 2 amide bonds. The number of imidazole rings is 1. The molecule has 0 saturated carbocycles. The van der Waals surface area contributed by atoms with Crippen LogP contribution in [-0.4, -0.2) is 134 Å². The quantitative estimate of drug-likeness (QED) is 0.0437. The third-order valence-corrected chi connectivity index (χ3v) is 12.9. The van der Waals surface area contributed by atoms with E-state index >= 15 is 0 Å². The molecule has 0 bridgehead atoms. The van der Waals surface area contributed by atoms with Gasteiger partial charge in [0.25, 0.3) is 0 Å². The summed E-state index contributed by atoms with van der Waals surface area (Å²) in [5.74, 6) is -1.13. The van der Waals surface area contributed by atoms with Gasteiger partial charge in [0.15, 0.2) is 22.8 Å². The van der Waals surface area contributed by atoms with Crippen molar-refractivity contribution in [3.63, 3.8) is 0 Å². The van der Waals surface area contributed by atoms with E-state index < -0.39 is 84.6 Å². The summed E-state index contributed by atoms with van der Waals surface area (Å²) >= 11 is 1.08. The van der Waals surface area contributed by atoms with E-state index in [1.807, 2.05) is 0 Å². The van der Waals surface area contributed by atoms with E-state index in [1.54, 1.807) is 0 Å². The molecule has 60 heavy (non-hydrogen) atoms. The average Bonchev–Trinajstić information content (AvgIpc) is 3.72. The minimum atomic E-state index is -5.58. The molecule has 8 atom stereocenters. The number of anilines is 1. The molecule has 29 heteroatoms. The van der Waals surface area contributed by atoms with E-state index in [-0.39, 0.29) is 47.7 Å². The molecule has 2 aromatic heterocycles. The number of phosphoric ester groups is 3. The number of nitrogens with one attached hydrogen (secondary N) is 2. The Morgan fingerprint density at radius 3 is 2.35 bits per heavy atom. The summed E-state index contributed by atoms with van der Waals surface area (Å²) in [7, 11) is -16.4. The molecule has 1 fully saturated rings. The number of nitrogen functional groups attached to an aromatic ring is 1. The number of aromatic nitrogens is 4. The van der Waals surface area contributed by atoms with Gasteiger partial charge in [0.05, 0.1) is 25.6 Å². The monoisotopic (exact) mass is 937 g/mol. The lowest BCUT2D eigenvalue weighted by Gasteiger charge is -2.30. The molecular weight excluding hydrogens is 883 g/mol. The lowest BCUT2D eigenvalue weighted by molar-refractivity contribution is -0.137. The molecular formula is C31H54N7O18P3S. The van der Waals surface area contributed by atoms with Gasteiger partial charge in [0.2, 0.25) is 11.8 Å². The molecule has 342 valence electrons. The number of rotatable bonds is 27. The van der Waals surface area contributed by atoms with Crippen LogP contribution >= 0.6 is 35.2 Å². The van der Waals surface area contributed by atoms with Crippen LogP contribution in [0.25, 0.3) is 11.2 Å². The summed E-state index contributed by atoms with van der Waals surface area (Å²) in [6.07, 6.45) is -2.15. The van der Waals surface area contributed by atoms with Crippen LogP contribution < -0.4 is 16.4 Å². The Kier molecular flexibility index (Phi) is 20.1. The van der Waals surface area contributed by atoms with E-state index in [0.29, 0.717) is 25.0 Å². The molecule has 0 aromatic carbocycles. The topological polar surface area (TPSA) is 384 Å². The van der Waals surface area contributed by atoms with Crippen LogP contribution in [0, 0.1) is 5.41 Å². The number of amides is 2. The zero-order valence-electron chi connectivity index (χ0n) is 33.0. The maximum absolute atomic E-state index is 12.7. The van der Waals surface area contributed by atoms with Crippen molar-refractivity contribution < 1.29 is 85.6 Å². The van der Waals surface area contributed by atoms with Gasteiger partial charge in [-0.2, -0.15) is 4.31 Å². The number of ether oxygens (including phenoxy) is 1. The second-order valence-corrected chi connectivity index (χ2v) is 19.7. The summed E-state index contributed by atoms with van der Waals surface area (Å²) < 4.78 is 62.2. The number of carbonyl (C=O) groups is 3. The Balaban J connectivity index is 1.41. The fourth-order valence-electron chi connectivity index (χ4n) is 5.60. The number of nitrogens with zero attached hydrogens (tertiary/aromatic N) is 4. The minimum Gasteiger partial charge on any atom is -0.393 e. The Hall–Kier alpha value is -2.48. The van der Waals surface area contributed by atoms with Crippen LogP contribution in [0.15, 0.2) is 12.7 Å². The number of aliphatic hydroxyl groups excluding tert-OH is 3. The predicted molar refractivity (Wildman–Crippen MR) is 211 cm³/mol. The van der Waals surface area contributed by atoms with Gasteiger partial charge in [-0.15, -0.1) is 0 Å². The molecule has 0 spiro atoms. The van der Waals surface area contributed by atoms with E-state index in [9.17, 15) is 63.0 Å². The van der Waals surface area contributed by atoms with E-state index in [1.165, 1.54) is 13.8 Å². The van der Waals surface area contributed by atoms with Crippen molar-refractivity contribution in [3.05, 3.63) is 12.7 Å². The second-order valence-electron chi connectivity index (χ2n) is 14.3. The van der Waals surface area contributed by atoms with Crippen molar-refractivity contribution in [2.45, 2.75) is 109 Å². The molecule has 2 aromatic rings. The molecule has 3 rings (SSSR count). The first-order chi connectivity index (χ1) is 27.9. The van der Waals surface area contributed by atoms with Crippen molar-refractivity contribution in [3.8, 4) is 0 Å². The minimum absolute atomic E-state index is 0.0239. The molecule has 0 radical (unpaired) electrons. The zero-order valence-corrected chi connectivity index (χ0v) is 36.5. The number of unbranched alkanes of at least 4 members (excludes halogenated alkanes) is 2. The number of fused-ring (bicyclic) bond motifs is 1. The highest BCUT2D eigenvalue weighted by Crippen LogP contribution is 2.61. The first kappa shape index (κ1) is 51.9. The number of hydrogen-bond acceptors (Lipinski definition) is 19. The van der Waals surface area contributed by atoms with Gasteiger partial charge in [-0.3, -0.25) is 32.5 Å². The van der Waals surface area contributed by atoms with Gasteiger partial charge in [0.1, 0.15) is 36.3 Å². The maximum atomic E-state index is 12.7. The molecule has 1 aliphatic heterocycles. The Morgan fingerprint density at radius 2 is 1.67 bits per heavy atom. The van der Waals surface area contributed by atoms with E-state index in [0.717, 1.165) is 54.7 Å². The maximum Gasteiger partial charge on any atom is 0.481 e. The zero-order chi connectivity index (χ0) is 44.9. The predicted octanol–water partition coefficient (Wildman–Crippen LogP) is 0.776. The van der Waals surface area contributed by atoms with Crippen LogP contribution in [0.4, 0.5) is 5.82 Å². The summed E-state index contributed by atoms with van der Waals surface area (Å²) in [4.78, 5) is 87.9. The van der Waals surface area contributed by atoms with Crippen molar-refractivity contribution in [1.29, 1.82) is 0 Å². The van der Waals surface area contributed by atoms with Gasteiger partial charge >= 0.3 is 23.5 Å². The molecule has 1 aliphatic rings. The lowest BCUT2D eigenvalue weighted by Crippen LogP contribution is -2.46. The fourth-order valence-corrected chi connectivity index (χ4v) is 9.15. The molecule has 3 heterocycles. The summed E-state index contributed by atoms with van der Waals surface area (Å²) in [5.41, 5.74) is 4.25. The number of thioether (sulfide) groups is 1. The van der Waals surface area contributed by atoms with Crippen molar-refractivity contribution in [1.82, 2.24) is 30.2 Å². The fraction of sp³-hybridized carbons (Fsp3) is 0.742. The Bertz CT molecular complexity index is 1890. The van der Waals surface area contributed by atoms with Crippen LogP contribution in [0.1, 0.15) is 78.4 Å². The third kappa shape index (κ3) is 17.0. The summed E-state index contributed by atoms with van der Waals surface area (Å²) in [5, 5.41) is 36.3. The first-order valence-corrected chi connectivity index (χ1v) is 24.2. The second kappa shape index (κ2) is 23.3. The number of hydrogen-bond donors (Lipinski definition) is 10. The largest absolute Gasteiger partial charge is 0.481 e. The van der Waals surface area contributed by atoms with Crippen molar-refractivity contribution in [2.24, 2.45) is 5.41 Å². The van der Waals surface area contributed by atoms with Crippen LogP contribution in [0.5, 0.6) is 0 Å². The highest BCUT2D eigenvalue weighted by Gasteiger charge is 2.50. The van der Waals surface area contributed by atoms with Gasteiger partial charge in [0, 0.05) is 37.1 Å². The number of nitrogens with two attached hydrogens (primary N) is 1. The Labute approximate surface area is 348 Å². The highest BCUT2D eigenvalue weighted by atomic mass is 32.2. The van der Waals surface area contributed by atoms with Crippen LogP contribution in [-0.2, 0) is 50.7 Å². The first-order valence-electron chi connectivity index (χ1n) is 18.7. The van der Waals surface area contributed by atoms with Gasteiger partial charge in [-0.25, -0.2) is 28.6 Å². The molecule has 11 N–H and O–H groups in total. The third-order valence-electron chi connectivity index (χ3n) is 8.82. The average molecular weight is 938 g/mol. The van der Waals surface area contributed by atoms with E-state index in [2.05, 4.69) is 41.3 Å². The summed E-state index contributed by atoms with van der Waals surface area (Å²) in [6.45, 7) is 2.52. The van der Waals surface area contributed by atoms with Crippen molar-refractivity contribution in [2.75, 3.05) is 37.8 Å². The summed E-state index contributed by atoms with van der Waals surface area (Å²) in [6, 6.07) is 0. The molecule has 0 aliphatic carbocycles. The van der Waals surface area contributed by atoms with Gasteiger partial charge in [-0.1, -0.05) is 51.8 Å². The molecule has 25 nitrogen and oxygen atoms in total. The highest BCUT2D eigenvalue weighted by molar-refractivity contribution is 8.13. The Morgan fingerprint density at radius 1 is 0.983 bits per heavy atom. The smallest absolute Gasteiger partial charge is 0.393 e. The van der Waals surface area contributed by atoms with Gasteiger partial charge < -0.3 is 56.0 Å². The SMILES string of the molecule is CCCCC(O)CCCCC(=O)SCCNC(=O)CCNC(=O)C(O)C(C)(C)COP(=O)(O)OP(=O)(O)OCC1OC(n2cnc3c(N)ncnc32)C(O)C1OP(=O)(O)O. The lowest BCUT2D eigenvalue weighted by atomic mass is 9.87. The number of carbonyl (C=O) groups excluding carboxylic acids is 3. The van der Waals surface area contributed by atoms with Crippen LogP contribution in [0.3, 0.4) is 0 Å². The van der Waals surface area contributed by atoms with Gasteiger partial charge in [-0.05, 0) is 19.3 Å². The molecule has 1 saturated heterocycles. The van der Waals surface area contributed by atoms with Crippen molar-refractivity contribution >= 4 is 69.1 Å². The normalized spacial score (nSPS) is 21.6. The molecule has 8 unspecified atom stereocenters. The van der Waals surface area contributed by atoms with E-state index in [4.69, 9.17) is 19.5 Å².